The Kier molecular flexibility index (Phi) is 3.92. The van der Waals surface area contributed by atoms with E-state index in [1.807, 2.05) is 0 Å². The minimum atomic E-state index is -4.19. The second-order valence-electron chi connectivity index (χ2n) is 1.79. The van der Waals surface area contributed by atoms with E-state index in [1.165, 1.54) is 6.07 Å². The molecule has 0 fully saturated rings. The van der Waals surface area contributed by atoms with E-state index in [0.29, 0.717) is 5.02 Å². The summed E-state index contributed by atoms with van der Waals surface area (Å²) in [6, 6.07) is 2.45. The van der Waals surface area contributed by atoms with Crippen molar-refractivity contribution in [3.05, 3.63) is 23.4 Å². The van der Waals surface area contributed by atoms with Crippen LogP contribution in [0.25, 0.3) is 0 Å². The molecule has 0 aromatic carbocycles. The average molecular weight is 230 g/mol. The van der Waals surface area contributed by atoms with Gasteiger partial charge in [0.05, 0.1) is 5.02 Å². The Labute approximate surface area is 80.7 Å². The first-order valence-electron chi connectivity index (χ1n) is 2.59. The molecule has 0 amide bonds. The number of rotatable bonds is 1. The third-order valence-corrected chi connectivity index (χ3v) is 1.96. The van der Waals surface area contributed by atoms with Gasteiger partial charge in [0.15, 0.2) is 5.03 Å². The Hall–Kier alpha value is -0.360. The van der Waals surface area contributed by atoms with Crippen molar-refractivity contribution < 1.29 is 13.0 Å². The molecule has 0 spiro atoms. The molecule has 0 aliphatic carbocycles. The summed E-state index contributed by atoms with van der Waals surface area (Å²) < 4.78 is 29.2. The molecule has 0 aliphatic rings. The highest BCUT2D eigenvalue weighted by atomic mass is 35.5. The fourth-order valence-electron chi connectivity index (χ4n) is 0.515. The third-order valence-electron chi connectivity index (χ3n) is 0.965. The lowest BCUT2D eigenvalue weighted by atomic mass is 10.5. The molecule has 0 bridgehead atoms. The van der Waals surface area contributed by atoms with Crippen LogP contribution in [0.2, 0.25) is 5.02 Å². The fourth-order valence-corrected chi connectivity index (χ4v) is 1.05. The Morgan fingerprint density at radius 1 is 1.42 bits per heavy atom. The highest BCUT2D eigenvalue weighted by Gasteiger charge is 2.09. The van der Waals surface area contributed by atoms with Crippen LogP contribution in [0.4, 0.5) is 0 Å². The van der Waals surface area contributed by atoms with Gasteiger partial charge in [0, 0.05) is 6.20 Å². The van der Waals surface area contributed by atoms with E-state index < -0.39 is 15.1 Å². The van der Waals surface area contributed by atoms with Crippen LogP contribution in [0.5, 0.6) is 0 Å². The lowest BCUT2D eigenvalue weighted by Gasteiger charge is -1.93. The van der Waals surface area contributed by atoms with Crippen molar-refractivity contribution in [3.63, 3.8) is 0 Å². The van der Waals surface area contributed by atoms with E-state index >= 15 is 0 Å². The molecule has 12 heavy (non-hydrogen) atoms. The molecule has 1 heterocycles. The van der Waals surface area contributed by atoms with E-state index in [4.69, 9.17) is 16.2 Å². The summed E-state index contributed by atoms with van der Waals surface area (Å²) in [4.78, 5) is 3.38. The molecule has 0 saturated carbocycles. The molecule has 1 aromatic rings. The van der Waals surface area contributed by atoms with Crippen LogP contribution < -0.4 is 0 Å². The normalized spacial score (nSPS) is 10.5. The molecule has 0 atom stereocenters. The molecule has 4 nitrogen and oxygen atoms in total. The third kappa shape index (κ3) is 2.94. The van der Waals surface area contributed by atoms with Gasteiger partial charge in [-0.3, -0.25) is 4.55 Å². The zero-order valence-electron chi connectivity index (χ0n) is 5.64. The summed E-state index contributed by atoms with van der Waals surface area (Å²) >= 11 is 5.42. The molecule has 0 radical (unpaired) electrons. The molecule has 1 rings (SSSR count). The largest absolute Gasteiger partial charge is 0.312 e. The minimum Gasteiger partial charge on any atom is -0.281 e. The molecule has 0 unspecified atom stereocenters. The standard InChI is InChI=1S/C5H4ClNO3S.ClH/c6-4-1-2-5(7-3-4)11(8,9)10;/h1-3H,(H,8,9,10);1H. The van der Waals surface area contributed by atoms with Crippen LogP contribution in [0, 0.1) is 0 Å². The van der Waals surface area contributed by atoms with Crippen molar-refractivity contribution in [2.45, 2.75) is 5.03 Å². The second kappa shape index (κ2) is 4.04. The number of hydrogen-bond donors (Lipinski definition) is 1. The number of halogens is 2. The second-order valence-corrected chi connectivity index (χ2v) is 3.59. The lowest BCUT2D eigenvalue weighted by Crippen LogP contribution is -1.99. The van der Waals surface area contributed by atoms with Crippen LogP contribution in [-0.4, -0.2) is 18.0 Å². The van der Waals surface area contributed by atoms with Crippen molar-refractivity contribution in [3.8, 4) is 0 Å². The quantitative estimate of drug-likeness (QED) is 0.740. The summed E-state index contributed by atoms with van der Waals surface area (Å²) in [6.45, 7) is 0. The van der Waals surface area contributed by atoms with Crippen LogP contribution in [0.15, 0.2) is 23.4 Å². The lowest BCUT2D eigenvalue weighted by molar-refractivity contribution is 0.479. The van der Waals surface area contributed by atoms with Crippen molar-refractivity contribution in [1.29, 1.82) is 0 Å². The zero-order chi connectivity index (χ0) is 8.48. The first-order valence-corrected chi connectivity index (χ1v) is 4.41. The first kappa shape index (κ1) is 11.6. The van der Waals surface area contributed by atoms with Crippen LogP contribution >= 0.6 is 24.0 Å². The zero-order valence-corrected chi connectivity index (χ0v) is 8.03. The molecule has 0 saturated heterocycles. The Morgan fingerprint density at radius 3 is 2.33 bits per heavy atom. The maximum atomic E-state index is 10.4. The minimum absolute atomic E-state index is 0. The number of aromatic nitrogens is 1. The SMILES string of the molecule is Cl.O=S(=O)(O)c1ccc(Cl)cn1. The summed E-state index contributed by atoms with van der Waals surface area (Å²) in [5.41, 5.74) is 0. The van der Waals surface area contributed by atoms with Crippen LogP contribution in [-0.2, 0) is 10.1 Å². The van der Waals surface area contributed by atoms with Gasteiger partial charge in [0.1, 0.15) is 0 Å². The number of nitrogens with zero attached hydrogens (tertiary/aromatic N) is 1. The van der Waals surface area contributed by atoms with Crippen LogP contribution in [0.1, 0.15) is 0 Å². The van der Waals surface area contributed by atoms with Gasteiger partial charge in [-0.1, -0.05) is 11.6 Å². The molecule has 1 N–H and O–H groups in total. The molecule has 7 heteroatoms. The van der Waals surface area contributed by atoms with Gasteiger partial charge in [0.25, 0.3) is 0 Å². The number of hydrogen-bond acceptors (Lipinski definition) is 3. The molecule has 1 aromatic heterocycles. The van der Waals surface area contributed by atoms with E-state index in [2.05, 4.69) is 4.98 Å². The maximum absolute atomic E-state index is 10.4. The Bertz CT molecular complexity index is 347. The maximum Gasteiger partial charge on any atom is 0.312 e. The Balaban J connectivity index is 0.00000121. The van der Waals surface area contributed by atoms with Gasteiger partial charge in [-0.2, -0.15) is 8.42 Å². The highest BCUT2D eigenvalue weighted by molar-refractivity contribution is 7.85. The first-order chi connectivity index (χ1) is 5.00. The van der Waals surface area contributed by atoms with Crippen molar-refractivity contribution in [1.82, 2.24) is 4.98 Å². The Morgan fingerprint density at radius 2 is 2.00 bits per heavy atom. The average Bonchev–Trinajstić information content (AvgIpc) is 1.86. The topological polar surface area (TPSA) is 67.3 Å². The van der Waals surface area contributed by atoms with E-state index in [0.717, 1.165) is 12.3 Å². The van der Waals surface area contributed by atoms with Gasteiger partial charge >= 0.3 is 10.1 Å². The number of pyridine rings is 1. The van der Waals surface area contributed by atoms with Gasteiger partial charge < -0.3 is 0 Å². The summed E-state index contributed by atoms with van der Waals surface area (Å²) in [7, 11) is -4.19. The molecule has 0 aliphatic heterocycles. The summed E-state index contributed by atoms with van der Waals surface area (Å²) in [5, 5.41) is -0.0840. The van der Waals surface area contributed by atoms with E-state index in [1.54, 1.807) is 0 Å². The van der Waals surface area contributed by atoms with Crippen molar-refractivity contribution in [2.75, 3.05) is 0 Å². The smallest absolute Gasteiger partial charge is 0.281 e. The predicted octanol–water partition coefficient (Wildman–Crippen LogP) is 1.40. The molecular formula is C5H5Cl2NO3S. The summed E-state index contributed by atoms with van der Waals surface area (Å²) in [6.07, 6.45) is 1.14. The highest BCUT2D eigenvalue weighted by Crippen LogP contribution is 2.09. The van der Waals surface area contributed by atoms with Gasteiger partial charge in [-0.15, -0.1) is 12.4 Å². The van der Waals surface area contributed by atoms with Crippen molar-refractivity contribution >= 4 is 34.1 Å². The van der Waals surface area contributed by atoms with Crippen molar-refractivity contribution in [2.24, 2.45) is 0 Å². The molecular weight excluding hydrogens is 225 g/mol. The van der Waals surface area contributed by atoms with E-state index in [-0.39, 0.29) is 12.4 Å². The van der Waals surface area contributed by atoms with Gasteiger partial charge in [-0.05, 0) is 12.1 Å². The van der Waals surface area contributed by atoms with Crippen LogP contribution in [0.3, 0.4) is 0 Å². The fraction of sp³-hybridized carbons (Fsp3) is 0. The summed E-state index contributed by atoms with van der Waals surface area (Å²) in [5.74, 6) is 0. The van der Waals surface area contributed by atoms with Gasteiger partial charge in [0.2, 0.25) is 0 Å². The molecule has 68 valence electrons. The predicted molar refractivity (Wildman–Crippen MR) is 46.3 cm³/mol. The monoisotopic (exact) mass is 229 g/mol. The van der Waals surface area contributed by atoms with E-state index in [9.17, 15) is 8.42 Å². The van der Waals surface area contributed by atoms with Gasteiger partial charge in [-0.25, -0.2) is 4.98 Å².